The molecule has 0 radical (unpaired) electrons. The molecule has 150 valence electrons. The first kappa shape index (κ1) is 21.2. The van der Waals surface area contributed by atoms with E-state index >= 15 is 0 Å². The molecular formula is C21H32FN3O2. The molecule has 6 heteroatoms. The summed E-state index contributed by atoms with van der Waals surface area (Å²) in [6.45, 7) is 5.66. The van der Waals surface area contributed by atoms with Crippen LogP contribution in [0.4, 0.5) is 10.1 Å². The Hall–Kier alpha value is -2.11. The van der Waals surface area contributed by atoms with Gasteiger partial charge >= 0.3 is 0 Å². The molecule has 0 spiro atoms. The number of nitrogens with one attached hydrogen (secondary N) is 2. The maximum absolute atomic E-state index is 14.3. The Bertz CT molecular complexity index is 626. The number of nitrogens with zero attached hydrogens (tertiary/aromatic N) is 1. The summed E-state index contributed by atoms with van der Waals surface area (Å²) < 4.78 is 14.3. The predicted octanol–water partition coefficient (Wildman–Crippen LogP) is 3.37. The van der Waals surface area contributed by atoms with Crippen molar-refractivity contribution in [1.29, 1.82) is 0 Å². The van der Waals surface area contributed by atoms with Crippen LogP contribution in [0.25, 0.3) is 0 Å². The second-order valence-corrected chi connectivity index (χ2v) is 7.22. The Morgan fingerprint density at radius 2 is 1.78 bits per heavy atom. The molecule has 5 nitrogen and oxygen atoms in total. The molecule has 1 aliphatic carbocycles. The number of halogens is 1. The number of hydrogen-bond donors (Lipinski definition) is 2. The van der Waals surface area contributed by atoms with Crippen molar-refractivity contribution < 1.29 is 14.0 Å². The zero-order valence-electron chi connectivity index (χ0n) is 16.5. The molecule has 2 rings (SSSR count). The Morgan fingerprint density at radius 1 is 1.07 bits per heavy atom. The van der Waals surface area contributed by atoms with E-state index in [0.717, 1.165) is 25.9 Å². The van der Waals surface area contributed by atoms with Gasteiger partial charge in [0.15, 0.2) is 0 Å². The minimum atomic E-state index is -0.286. The van der Waals surface area contributed by atoms with Gasteiger partial charge in [0, 0.05) is 26.1 Å². The quantitative estimate of drug-likeness (QED) is 0.694. The van der Waals surface area contributed by atoms with Crippen LogP contribution in [0.3, 0.4) is 0 Å². The molecule has 0 unspecified atom stereocenters. The second-order valence-electron chi connectivity index (χ2n) is 7.22. The zero-order valence-corrected chi connectivity index (χ0v) is 16.5. The van der Waals surface area contributed by atoms with Crippen LogP contribution >= 0.6 is 0 Å². The Balaban J connectivity index is 1.73. The summed E-state index contributed by atoms with van der Waals surface area (Å²) in [6.07, 6.45) is 6.37. The lowest BCUT2D eigenvalue weighted by atomic mass is 9.87. The van der Waals surface area contributed by atoms with E-state index < -0.39 is 0 Å². The van der Waals surface area contributed by atoms with Crippen molar-refractivity contribution in [1.82, 2.24) is 10.6 Å². The first-order valence-corrected chi connectivity index (χ1v) is 10.1. The van der Waals surface area contributed by atoms with E-state index in [1.807, 2.05) is 24.8 Å². The van der Waals surface area contributed by atoms with Gasteiger partial charge in [0.25, 0.3) is 0 Å². The first-order valence-electron chi connectivity index (χ1n) is 10.1. The average Bonchev–Trinajstić information content (AvgIpc) is 2.68. The summed E-state index contributed by atoms with van der Waals surface area (Å²) in [5, 5.41) is 5.41. The number of benzene rings is 1. The number of carbonyl (C=O) groups is 2. The van der Waals surface area contributed by atoms with Crippen LogP contribution in [0.1, 0.15) is 57.9 Å². The van der Waals surface area contributed by atoms with Gasteiger partial charge in [-0.05, 0) is 50.3 Å². The SMILES string of the molecule is CCN(CC)c1ccc(CNC(=O)CNC(=O)CC2CCCCC2)cc1F. The van der Waals surface area contributed by atoms with Gasteiger partial charge in [-0.1, -0.05) is 25.3 Å². The van der Waals surface area contributed by atoms with Crippen LogP contribution in [-0.2, 0) is 16.1 Å². The molecule has 0 aliphatic heterocycles. The first-order chi connectivity index (χ1) is 13.0. The highest BCUT2D eigenvalue weighted by Gasteiger charge is 2.17. The molecule has 27 heavy (non-hydrogen) atoms. The van der Waals surface area contributed by atoms with E-state index in [0.29, 0.717) is 23.6 Å². The fraction of sp³-hybridized carbons (Fsp3) is 0.619. The van der Waals surface area contributed by atoms with E-state index in [9.17, 15) is 14.0 Å². The van der Waals surface area contributed by atoms with Crippen LogP contribution in [-0.4, -0.2) is 31.4 Å². The predicted molar refractivity (Wildman–Crippen MR) is 106 cm³/mol. The fourth-order valence-corrected chi connectivity index (χ4v) is 3.65. The number of rotatable bonds is 9. The van der Waals surface area contributed by atoms with Gasteiger partial charge in [-0.15, -0.1) is 0 Å². The number of anilines is 1. The Kier molecular flexibility index (Phi) is 8.55. The molecule has 1 aliphatic rings. The molecule has 1 saturated carbocycles. The summed E-state index contributed by atoms with van der Waals surface area (Å²) in [6, 6.07) is 5.02. The van der Waals surface area contributed by atoms with E-state index in [-0.39, 0.29) is 30.7 Å². The van der Waals surface area contributed by atoms with Gasteiger partial charge in [0.05, 0.1) is 12.2 Å². The lowest BCUT2D eigenvalue weighted by molar-refractivity contribution is -0.126. The van der Waals surface area contributed by atoms with Gasteiger partial charge in [0.2, 0.25) is 11.8 Å². The minimum absolute atomic E-state index is 0.0361. The highest BCUT2D eigenvalue weighted by molar-refractivity contribution is 5.84. The zero-order chi connectivity index (χ0) is 19.6. The summed E-state index contributed by atoms with van der Waals surface area (Å²) in [5.74, 6) is -0.160. The van der Waals surface area contributed by atoms with Crippen LogP contribution in [0.5, 0.6) is 0 Å². The van der Waals surface area contributed by atoms with Crippen LogP contribution in [0.15, 0.2) is 18.2 Å². The molecule has 0 heterocycles. The lowest BCUT2D eigenvalue weighted by Gasteiger charge is -2.22. The standard InChI is InChI=1S/C21H32FN3O2/c1-3-25(4-2)19-11-10-17(12-18(19)22)14-23-21(27)15-24-20(26)13-16-8-6-5-7-9-16/h10-12,16H,3-9,13-15H2,1-2H3,(H,23,27)(H,24,26). The minimum Gasteiger partial charge on any atom is -0.370 e. The normalized spacial score (nSPS) is 14.6. The highest BCUT2D eigenvalue weighted by Crippen LogP contribution is 2.26. The van der Waals surface area contributed by atoms with Crippen molar-refractivity contribution in [2.24, 2.45) is 5.92 Å². The highest BCUT2D eigenvalue weighted by atomic mass is 19.1. The van der Waals surface area contributed by atoms with Crippen molar-refractivity contribution in [2.45, 2.75) is 58.9 Å². The Morgan fingerprint density at radius 3 is 2.41 bits per heavy atom. The maximum Gasteiger partial charge on any atom is 0.239 e. The molecule has 1 fully saturated rings. The number of carbonyl (C=O) groups excluding carboxylic acids is 2. The molecule has 2 N–H and O–H groups in total. The fourth-order valence-electron chi connectivity index (χ4n) is 3.65. The van der Waals surface area contributed by atoms with E-state index in [2.05, 4.69) is 10.6 Å². The largest absolute Gasteiger partial charge is 0.370 e. The van der Waals surface area contributed by atoms with Gasteiger partial charge in [0.1, 0.15) is 5.82 Å². The molecule has 0 saturated heterocycles. The smallest absolute Gasteiger partial charge is 0.239 e. The van der Waals surface area contributed by atoms with Gasteiger partial charge in [-0.25, -0.2) is 4.39 Å². The molecule has 0 aromatic heterocycles. The topological polar surface area (TPSA) is 61.4 Å². The van der Waals surface area contributed by atoms with Gasteiger partial charge < -0.3 is 15.5 Å². The average molecular weight is 378 g/mol. The van der Waals surface area contributed by atoms with Crippen molar-refractivity contribution in [3.63, 3.8) is 0 Å². The molecule has 2 amide bonds. The van der Waals surface area contributed by atoms with Gasteiger partial charge in [-0.2, -0.15) is 0 Å². The van der Waals surface area contributed by atoms with E-state index in [1.165, 1.54) is 25.3 Å². The van der Waals surface area contributed by atoms with Crippen molar-refractivity contribution in [3.05, 3.63) is 29.6 Å². The van der Waals surface area contributed by atoms with Crippen LogP contribution in [0, 0.1) is 11.7 Å². The molecule has 1 aromatic rings. The Labute approximate surface area is 161 Å². The number of hydrogen-bond acceptors (Lipinski definition) is 3. The molecule has 0 atom stereocenters. The lowest BCUT2D eigenvalue weighted by Crippen LogP contribution is -2.37. The third-order valence-electron chi connectivity index (χ3n) is 5.25. The summed E-state index contributed by atoms with van der Waals surface area (Å²) in [7, 11) is 0. The van der Waals surface area contributed by atoms with E-state index in [1.54, 1.807) is 6.07 Å². The summed E-state index contributed by atoms with van der Waals surface area (Å²) in [4.78, 5) is 25.8. The summed E-state index contributed by atoms with van der Waals surface area (Å²) in [5.41, 5.74) is 1.27. The second kappa shape index (κ2) is 10.9. The van der Waals surface area contributed by atoms with Crippen LogP contribution < -0.4 is 15.5 Å². The molecule has 1 aromatic carbocycles. The maximum atomic E-state index is 14.3. The molecule has 0 bridgehead atoms. The van der Waals surface area contributed by atoms with Crippen molar-refractivity contribution in [2.75, 3.05) is 24.5 Å². The van der Waals surface area contributed by atoms with Crippen molar-refractivity contribution in [3.8, 4) is 0 Å². The monoisotopic (exact) mass is 377 g/mol. The van der Waals surface area contributed by atoms with Gasteiger partial charge in [-0.3, -0.25) is 9.59 Å². The summed E-state index contributed by atoms with van der Waals surface area (Å²) >= 11 is 0. The van der Waals surface area contributed by atoms with Crippen molar-refractivity contribution >= 4 is 17.5 Å². The number of amides is 2. The third kappa shape index (κ3) is 6.85. The molecular weight excluding hydrogens is 345 g/mol. The van der Waals surface area contributed by atoms with Crippen LogP contribution in [0.2, 0.25) is 0 Å². The third-order valence-corrected chi connectivity index (χ3v) is 5.25. The van der Waals surface area contributed by atoms with E-state index in [4.69, 9.17) is 0 Å².